The number of benzene rings is 1. The van der Waals surface area contributed by atoms with Crippen LogP contribution in [0.4, 0.5) is 0 Å². The fraction of sp³-hybridized carbons (Fsp3) is 0.684. The van der Waals surface area contributed by atoms with Gasteiger partial charge in [-0.3, -0.25) is 0 Å². The van der Waals surface area contributed by atoms with E-state index in [9.17, 15) is 5.11 Å². The van der Waals surface area contributed by atoms with Gasteiger partial charge in [-0.2, -0.15) is 0 Å². The Bertz CT molecular complexity index is 482. The summed E-state index contributed by atoms with van der Waals surface area (Å²) in [6.45, 7) is 15.1. The predicted octanol–water partition coefficient (Wildman–Crippen LogP) is 4.71. The highest BCUT2D eigenvalue weighted by atomic mass is 16.6. The Hall–Kier alpha value is -1.02. The Morgan fingerprint density at radius 2 is 1.43 bits per heavy atom. The van der Waals surface area contributed by atoms with Gasteiger partial charge in [-0.1, -0.05) is 53.7 Å². The van der Waals surface area contributed by atoms with Crippen LogP contribution in [0.25, 0.3) is 0 Å². The van der Waals surface area contributed by atoms with Gasteiger partial charge < -0.3 is 9.84 Å². The van der Waals surface area contributed by atoms with Gasteiger partial charge in [0.25, 0.3) is 0 Å². The van der Waals surface area contributed by atoms with Gasteiger partial charge in [0, 0.05) is 0 Å². The quantitative estimate of drug-likeness (QED) is 0.818. The minimum absolute atomic E-state index is 0.0521. The van der Waals surface area contributed by atoms with Crippen LogP contribution >= 0.6 is 0 Å². The van der Waals surface area contributed by atoms with Crippen molar-refractivity contribution in [3.63, 3.8) is 0 Å². The first kappa shape index (κ1) is 16.4. The van der Waals surface area contributed by atoms with E-state index in [2.05, 4.69) is 60.6 Å². The molecule has 1 aliphatic heterocycles. The molecule has 1 aromatic carbocycles. The van der Waals surface area contributed by atoms with E-state index in [-0.39, 0.29) is 10.8 Å². The van der Waals surface area contributed by atoms with Crippen molar-refractivity contribution in [2.75, 3.05) is 0 Å². The molecule has 1 aliphatic rings. The molecule has 21 heavy (non-hydrogen) atoms. The molecule has 1 heterocycles. The van der Waals surface area contributed by atoms with Gasteiger partial charge in [-0.15, -0.1) is 0 Å². The molecule has 2 unspecified atom stereocenters. The molecule has 2 heteroatoms. The first-order valence-electron chi connectivity index (χ1n) is 8.02. The third-order valence-electron chi connectivity index (χ3n) is 4.34. The largest absolute Gasteiger partial charge is 0.507 e. The number of epoxide rings is 1. The lowest BCUT2D eigenvalue weighted by molar-refractivity contribution is 0.370. The molecule has 1 fully saturated rings. The summed E-state index contributed by atoms with van der Waals surface area (Å²) in [5.74, 6) is 0.467. The number of phenolic OH excluding ortho intramolecular Hbond substituents is 1. The first-order chi connectivity index (χ1) is 9.50. The highest BCUT2D eigenvalue weighted by Crippen LogP contribution is 2.40. The van der Waals surface area contributed by atoms with Crippen molar-refractivity contribution in [3.05, 3.63) is 28.8 Å². The smallest absolute Gasteiger partial charge is 0.123 e. The van der Waals surface area contributed by atoms with E-state index >= 15 is 0 Å². The number of aryl methyl sites for hydroxylation is 1. The number of hydrogen-bond acceptors (Lipinski definition) is 2. The van der Waals surface area contributed by atoms with E-state index in [1.165, 1.54) is 5.56 Å². The molecule has 1 saturated heterocycles. The summed E-state index contributed by atoms with van der Waals surface area (Å²) < 4.78 is 5.51. The molecule has 1 aromatic rings. The second kappa shape index (κ2) is 5.31. The van der Waals surface area contributed by atoms with Crippen molar-refractivity contribution in [2.45, 2.75) is 84.3 Å². The van der Waals surface area contributed by atoms with Gasteiger partial charge in [0.05, 0.1) is 12.2 Å². The zero-order chi connectivity index (χ0) is 16.0. The van der Waals surface area contributed by atoms with Crippen molar-refractivity contribution in [3.8, 4) is 5.75 Å². The standard InChI is InChI=1S/C19H30O2/c1-12-16(21-12)9-8-13-10-14(18(2,3)4)17(20)15(11-13)19(5,6)7/h10-12,16,20H,8-9H2,1-7H3. The highest BCUT2D eigenvalue weighted by Gasteiger charge is 2.33. The van der Waals surface area contributed by atoms with Crippen molar-refractivity contribution in [1.82, 2.24) is 0 Å². The summed E-state index contributed by atoms with van der Waals surface area (Å²) in [7, 11) is 0. The summed E-state index contributed by atoms with van der Waals surface area (Å²) in [6, 6.07) is 4.36. The Morgan fingerprint density at radius 1 is 1.00 bits per heavy atom. The molecule has 0 aliphatic carbocycles. The maximum absolute atomic E-state index is 10.7. The lowest BCUT2D eigenvalue weighted by atomic mass is 9.78. The maximum Gasteiger partial charge on any atom is 0.123 e. The summed E-state index contributed by atoms with van der Waals surface area (Å²) in [5, 5.41) is 10.7. The van der Waals surface area contributed by atoms with Crippen LogP contribution < -0.4 is 0 Å². The van der Waals surface area contributed by atoms with E-state index in [0.717, 1.165) is 24.0 Å². The van der Waals surface area contributed by atoms with Crippen molar-refractivity contribution in [2.24, 2.45) is 0 Å². The first-order valence-corrected chi connectivity index (χ1v) is 8.02. The van der Waals surface area contributed by atoms with Crippen molar-refractivity contribution in [1.29, 1.82) is 0 Å². The molecule has 0 bridgehead atoms. The highest BCUT2D eigenvalue weighted by molar-refractivity contribution is 5.49. The van der Waals surface area contributed by atoms with Crippen LogP contribution in [-0.4, -0.2) is 17.3 Å². The fourth-order valence-electron chi connectivity index (χ4n) is 2.82. The van der Waals surface area contributed by atoms with Crippen LogP contribution in [0.15, 0.2) is 12.1 Å². The number of phenols is 1. The summed E-state index contributed by atoms with van der Waals surface area (Å²) >= 11 is 0. The van der Waals surface area contributed by atoms with E-state index in [1.807, 2.05) is 0 Å². The SMILES string of the molecule is CC1OC1CCc1cc(C(C)(C)C)c(O)c(C(C)(C)C)c1. The normalized spacial score (nSPS) is 22.4. The van der Waals surface area contributed by atoms with Crippen molar-refractivity contribution < 1.29 is 9.84 Å². The summed E-state index contributed by atoms with van der Waals surface area (Å²) in [4.78, 5) is 0. The Kier molecular flexibility index (Phi) is 4.14. The number of aromatic hydroxyl groups is 1. The monoisotopic (exact) mass is 290 g/mol. The molecule has 118 valence electrons. The second-order valence-electron chi connectivity index (χ2n) is 8.46. The summed E-state index contributed by atoms with van der Waals surface area (Å²) in [6.07, 6.45) is 2.93. The van der Waals surface area contributed by atoms with E-state index < -0.39 is 0 Å². The molecular weight excluding hydrogens is 260 g/mol. The van der Waals surface area contributed by atoms with Crippen LogP contribution in [0, 0.1) is 0 Å². The second-order valence-corrected chi connectivity index (χ2v) is 8.46. The zero-order valence-corrected chi connectivity index (χ0v) is 14.6. The Morgan fingerprint density at radius 3 is 1.76 bits per heavy atom. The molecule has 0 aromatic heterocycles. The molecule has 0 amide bonds. The maximum atomic E-state index is 10.7. The molecule has 2 atom stereocenters. The van der Waals surface area contributed by atoms with Crippen molar-refractivity contribution >= 4 is 0 Å². The minimum Gasteiger partial charge on any atom is -0.507 e. The molecule has 0 radical (unpaired) electrons. The van der Waals surface area contributed by atoms with E-state index in [1.54, 1.807) is 0 Å². The van der Waals surface area contributed by atoms with Crippen LogP contribution in [0.2, 0.25) is 0 Å². The van der Waals surface area contributed by atoms with Crippen LogP contribution in [0.5, 0.6) is 5.75 Å². The Labute approximate surface area is 129 Å². The van der Waals surface area contributed by atoms with Crippen LogP contribution in [0.1, 0.15) is 71.6 Å². The molecule has 0 saturated carbocycles. The number of ether oxygens (including phenoxy) is 1. The van der Waals surface area contributed by atoms with E-state index in [4.69, 9.17) is 4.74 Å². The fourth-order valence-corrected chi connectivity index (χ4v) is 2.82. The lowest BCUT2D eigenvalue weighted by Gasteiger charge is -2.28. The van der Waals surface area contributed by atoms with Crippen LogP contribution in [-0.2, 0) is 22.0 Å². The van der Waals surface area contributed by atoms with Crippen LogP contribution in [0.3, 0.4) is 0 Å². The third-order valence-corrected chi connectivity index (χ3v) is 4.34. The van der Waals surface area contributed by atoms with Gasteiger partial charge in [0.2, 0.25) is 0 Å². The Balaban J connectivity index is 2.36. The lowest BCUT2D eigenvalue weighted by Crippen LogP contribution is -2.18. The molecule has 2 rings (SSSR count). The average Bonchev–Trinajstić information content (AvgIpc) is 3.01. The number of hydrogen-bond donors (Lipinski definition) is 1. The third kappa shape index (κ3) is 3.79. The predicted molar refractivity (Wildman–Crippen MR) is 88.2 cm³/mol. The van der Waals surface area contributed by atoms with Gasteiger partial charge in [0.1, 0.15) is 5.75 Å². The summed E-state index contributed by atoms with van der Waals surface area (Å²) in [5.41, 5.74) is 3.31. The van der Waals surface area contributed by atoms with Gasteiger partial charge in [-0.25, -0.2) is 0 Å². The average molecular weight is 290 g/mol. The minimum atomic E-state index is -0.0521. The molecule has 1 N–H and O–H groups in total. The topological polar surface area (TPSA) is 32.8 Å². The molecule has 2 nitrogen and oxygen atoms in total. The zero-order valence-electron chi connectivity index (χ0n) is 14.6. The van der Waals surface area contributed by atoms with E-state index in [0.29, 0.717) is 18.0 Å². The molecule has 0 spiro atoms. The van der Waals surface area contributed by atoms with Gasteiger partial charge in [0.15, 0.2) is 0 Å². The molecular formula is C19H30O2. The number of rotatable bonds is 3. The van der Waals surface area contributed by atoms with Gasteiger partial charge in [-0.05, 0) is 47.3 Å². The van der Waals surface area contributed by atoms with Gasteiger partial charge >= 0.3 is 0 Å².